The molecule has 1 rings (SSSR count). The van der Waals surface area contributed by atoms with Gasteiger partial charge in [-0.05, 0) is 19.1 Å². The second-order valence-electron chi connectivity index (χ2n) is 3.95. The Hall–Kier alpha value is -1.62. The van der Waals surface area contributed by atoms with Crippen LogP contribution in [0.25, 0.3) is 0 Å². The van der Waals surface area contributed by atoms with Gasteiger partial charge in [-0.1, -0.05) is 11.6 Å². The minimum absolute atomic E-state index is 0.0353. The van der Waals surface area contributed by atoms with Gasteiger partial charge in [0.2, 0.25) is 5.91 Å². The van der Waals surface area contributed by atoms with E-state index in [4.69, 9.17) is 11.6 Å². The molecule has 1 aromatic heterocycles. The molecule has 0 atom stereocenters. The number of hydrogen-bond acceptors (Lipinski definition) is 3. The zero-order valence-electron chi connectivity index (χ0n) is 10.7. The Morgan fingerprint density at radius 3 is 2.56 bits per heavy atom. The zero-order valence-corrected chi connectivity index (χ0v) is 11.4. The monoisotopic (exact) mass is 269 g/mol. The predicted molar refractivity (Wildman–Crippen MR) is 69.5 cm³/mol. The fraction of sp³-hybridized carbons (Fsp3) is 0.417. The quantitative estimate of drug-likeness (QED) is 0.774. The average molecular weight is 270 g/mol. The molecule has 0 N–H and O–H groups in total. The summed E-state index contributed by atoms with van der Waals surface area (Å²) < 4.78 is 0. The van der Waals surface area contributed by atoms with Crippen molar-refractivity contribution < 1.29 is 9.59 Å². The molecule has 5 nitrogen and oxygen atoms in total. The number of halogens is 1. The first-order valence-corrected chi connectivity index (χ1v) is 5.95. The van der Waals surface area contributed by atoms with Gasteiger partial charge in [0.1, 0.15) is 5.15 Å². The number of likely N-dealkylation sites (N-methyl/N-ethyl adjacent to an activating group) is 2. The van der Waals surface area contributed by atoms with Crippen LogP contribution in [0.5, 0.6) is 0 Å². The Bertz CT molecular complexity index is 449. The van der Waals surface area contributed by atoms with E-state index in [1.165, 1.54) is 16.0 Å². The maximum atomic E-state index is 12.2. The van der Waals surface area contributed by atoms with Crippen LogP contribution in [0, 0.1) is 0 Å². The molecule has 6 heteroatoms. The molecule has 0 aliphatic heterocycles. The van der Waals surface area contributed by atoms with Gasteiger partial charge < -0.3 is 9.80 Å². The van der Waals surface area contributed by atoms with E-state index in [9.17, 15) is 9.59 Å². The van der Waals surface area contributed by atoms with E-state index in [-0.39, 0.29) is 23.5 Å². The third kappa shape index (κ3) is 3.43. The molecule has 0 aliphatic carbocycles. The molecule has 98 valence electrons. The predicted octanol–water partition coefficient (Wildman–Crippen LogP) is 1.29. The van der Waals surface area contributed by atoms with E-state index in [1.807, 2.05) is 6.92 Å². The van der Waals surface area contributed by atoms with Crippen molar-refractivity contribution in [2.75, 3.05) is 27.2 Å². The fourth-order valence-corrected chi connectivity index (χ4v) is 1.55. The second-order valence-corrected chi connectivity index (χ2v) is 4.31. The van der Waals surface area contributed by atoms with Gasteiger partial charge in [-0.2, -0.15) is 0 Å². The standard InChI is InChI=1S/C12H16ClN3O2/c1-4-16(8-10(17)15(2)3)12(18)9-6-5-7-14-11(9)13/h5-7H,4,8H2,1-3H3. The molecular formula is C12H16ClN3O2. The van der Waals surface area contributed by atoms with Crippen molar-refractivity contribution >= 4 is 23.4 Å². The summed E-state index contributed by atoms with van der Waals surface area (Å²) in [6, 6.07) is 3.24. The molecule has 0 fully saturated rings. The first-order chi connectivity index (χ1) is 8.47. The van der Waals surface area contributed by atoms with Crippen molar-refractivity contribution in [3.8, 4) is 0 Å². The summed E-state index contributed by atoms with van der Waals surface area (Å²) in [6.45, 7) is 2.28. The molecular weight excluding hydrogens is 254 g/mol. The maximum Gasteiger partial charge on any atom is 0.257 e. The summed E-state index contributed by atoms with van der Waals surface area (Å²) in [5, 5.41) is 0.151. The molecule has 0 spiro atoms. The lowest BCUT2D eigenvalue weighted by Gasteiger charge is -2.22. The van der Waals surface area contributed by atoms with E-state index in [0.717, 1.165) is 0 Å². The molecule has 2 amide bonds. The van der Waals surface area contributed by atoms with Gasteiger partial charge in [-0.25, -0.2) is 4.98 Å². The first kappa shape index (κ1) is 14.4. The smallest absolute Gasteiger partial charge is 0.257 e. The number of amides is 2. The van der Waals surface area contributed by atoms with Crippen molar-refractivity contribution in [2.45, 2.75) is 6.92 Å². The molecule has 0 aromatic carbocycles. The summed E-state index contributed by atoms with van der Waals surface area (Å²) in [7, 11) is 3.30. The minimum Gasteiger partial charge on any atom is -0.347 e. The van der Waals surface area contributed by atoms with Crippen LogP contribution < -0.4 is 0 Å². The average Bonchev–Trinajstić information content (AvgIpc) is 2.35. The molecule has 18 heavy (non-hydrogen) atoms. The fourth-order valence-electron chi connectivity index (χ4n) is 1.35. The molecule has 0 radical (unpaired) electrons. The topological polar surface area (TPSA) is 53.5 Å². The third-order valence-corrected chi connectivity index (χ3v) is 2.78. The van der Waals surface area contributed by atoms with Gasteiger partial charge in [0.25, 0.3) is 5.91 Å². The van der Waals surface area contributed by atoms with Crippen molar-refractivity contribution in [2.24, 2.45) is 0 Å². The van der Waals surface area contributed by atoms with Gasteiger partial charge in [-0.3, -0.25) is 9.59 Å². The number of rotatable bonds is 4. The number of nitrogens with zero attached hydrogens (tertiary/aromatic N) is 3. The molecule has 1 heterocycles. The molecule has 0 saturated heterocycles. The lowest BCUT2D eigenvalue weighted by atomic mass is 10.2. The van der Waals surface area contributed by atoms with Crippen molar-refractivity contribution in [1.82, 2.24) is 14.8 Å². The summed E-state index contributed by atoms with van der Waals surface area (Å²) in [6.07, 6.45) is 1.51. The Morgan fingerprint density at radius 1 is 1.39 bits per heavy atom. The van der Waals surface area contributed by atoms with Crippen LogP contribution in [0.1, 0.15) is 17.3 Å². The van der Waals surface area contributed by atoms with E-state index in [0.29, 0.717) is 12.1 Å². The van der Waals surface area contributed by atoms with E-state index < -0.39 is 0 Å². The molecule has 1 aromatic rings. The van der Waals surface area contributed by atoms with E-state index in [2.05, 4.69) is 4.98 Å². The van der Waals surface area contributed by atoms with Gasteiger partial charge in [0, 0.05) is 26.8 Å². The lowest BCUT2D eigenvalue weighted by molar-refractivity contribution is -0.129. The SMILES string of the molecule is CCN(CC(=O)N(C)C)C(=O)c1cccnc1Cl. The molecule has 0 unspecified atom stereocenters. The highest BCUT2D eigenvalue weighted by atomic mass is 35.5. The van der Waals surface area contributed by atoms with Crippen LogP contribution in [0.15, 0.2) is 18.3 Å². The van der Waals surface area contributed by atoms with Gasteiger partial charge in [0.15, 0.2) is 0 Å². The van der Waals surface area contributed by atoms with Crippen LogP contribution in [0.4, 0.5) is 0 Å². The van der Waals surface area contributed by atoms with Crippen molar-refractivity contribution in [3.63, 3.8) is 0 Å². The van der Waals surface area contributed by atoms with E-state index >= 15 is 0 Å². The molecule has 0 aliphatic rings. The number of carbonyl (C=O) groups excluding carboxylic acids is 2. The van der Waals surface area contributed by atoms with Gasteiger partial charge in [-0.15, -0.1) is 0 Å². The Labute approximate surface area is 111 Å². The first-order valence-electron chi connectivity index (χ1n) is 5.57. The lowest BCUT2D eigenvalue weighted by Crippen LogP contribution is -2.40. The molecule has 0 saturated carbocycles. The van der Waals surface area contributed by atoms with Crippen LogP contribution in [-0.2, 0) is 4.79 Å². The Morgan fingerprint density at radius 2 is 2.06 bits per heavy atom. The summed E-state index contributed by atoms with van der Waals surface area (Å²) in [5.41, 5.74) is 0.313. The van der Waals surface area contributed by atoms with Crippen molar-refractivity contribution in [3.05, 3.63) is 29.0 Å². The van der Waals surface area contributed by atoms with E-state index in [1.54, 1.807) is 26.2 Å². The largest absolute Gasteiger partial charge is 0.347 e. The third-order valence-electron chi connectivity index (χ3n) is 2.48. The number of aromatic nitrogens is 1. The highest BCUT2D eigenvalue weighted by molar-refractivity contribution is 6.32. The summed E-state index contributed by atoms with van der Waals surface area (Å²) in [4.78, 5) is 30.5. The highest BCUT2D eigenvalue weighted by Gasteiger charge is 2.20. The summed E-state index contributed by atoms with van der Waals surface area (Å²) in [5.74, 6) is -0.420. The number of hydrogen-bond donors (Lipinski definition) is 0. The highest BCUT2D eigenvalue weighted by Crippen LogP contribution is 2.14. The number of pyridine rings is 1. The number of carbonyl (C=O) groups is 2. The van der Waals surface area contributed by atoms with Crippen LogP contribution in [-0.4, -0.2) is 53.8 Å². The van der Waals surface area contributed by atoms with Crippen LogP contribution >= 0.6 is 11.6 Å². The van der Waals surface area contributed by atoms with Gasteiger partial charge in [0.05, 0.1) is 12.1 Å². The van der Waals surface area contributed by atoms with Crippen LogP contribution in [0.3, 0.4) is 0 Å². The zero-order chi connectivity index (χ0) is 13.7. The minimum atomic E-state index is -0.286. The Kier molecular flexibility index (Phi) is 5.09. The van der Waals surface area contributed by atoms with Gasteiger partial charge >= 0.3 is 0 Å². The Balaban J connectivity index is 2.87. The van der Waals surface area contributed by atoms with Crippen LogP contribution in [0.2, 0.25) is 5.15 Å². The van der Waals surface area contributed by atoms with Crippen molar-refractivity contribution in [1.29, 1.82) is 0 Å². The maximum absolute atomic E-state index is 12.2. The normalized spacial score (nSPS) is 10.0. The second kappa shape index (κ2) is 6.35. The molecule has 0 bridgehead atoms. The summed E-state index contributed by atoms with van der Waals surface area (Å²) >= 11 is 5.87.